The van der Waals surface area contributed by atoms with E-state index in [0.717, 1.165) is 77.0 Å². The number of hydrogen-bond acceptors (Lipinski definition) is 8. The molecule has 0 aliphatic rings. The Hall–Kier alpha value is -1.41. The molecule has 0 aromatic heterocycles. The molecule has 0 aromatic rings. The van der Waals surface area contributed by atoms with E-state index in [9.17, 15) is 39.6 Å². The van der Waals surface area contributed by atoms with Crippen LogP contribution in [0.4, 0.5) is 0 Å². The monoisotopic (exact) mass is 620 g/mol. The quantitative estimate of drug-likeness (QED) is 0.186. The van der Waals surface area contributed by atoms with Gasteiger partial charge in [0.25, 0.3) is 0 Å². The average Bonchev–Trinajstić information content (AvgIpc) is 2.91. The fourth-order valence-corrected chi connectivity index (χ4v) is 3.76. The second kappa shape index (κ2) is 36.6. The first-order valence-corrected chi connectivity index (χ1v) is 15.7. The van der Waals surface area contributed by atoms with Crippen LogP contribution in [-0.4, -0.2) is 23.9 Å². The fraction of sp³-hybridized carbons (Fsp3) is 0.875. The number of unbranched alkanes of at least 4 members (excludes halogenated alkanes) is 4. The molecular weight excluding hydrogens is 560 g/mol. The minimum Gasteiger partial charge on any atom is -0.550 e. The molecule has 9 heteroatoms. The van der Waals surface area contributed by atoms with Crippen LogP contribution in [0.5, 0.6) is 0 Å². The molecule has 0 saturated carbocycles. The van der Waals surface area contributed by atoms with E-state index in [1.165, 1.54) is 0 Å². The number of carbonyl (C=O) groups excluding carboxylic acids is 4. The van der Waals surface area contributed by atoms with Gasteiger partial charge >= 0.3 is 21.7 Å². The van der Waals surface area contributed by atoms with Crippen molar-refractivity contribution in [2.75, 3.05) is 0 Å². The van der Waals surface area contributed by atoms with Gasteiger partial charge in [0, 0.05) is 23.9 Å². The molecule has 0 amide bonds. The molecule has 0 aromatic carbocycles. The van der Waals surface area contributed by atoms with Crippen LogP contribution in [-0.2, 0) is 40.9 Å². The zero-order valence-electron chi connectivity index (χ0n) is 27.4. The van der Waals surface area contributed by atoms with Crippen LogP contribution in [0, 0.1) is 23.7 Å². The van der Waals surface area contributed by atoms with Crippen molar-refractivity contribution >= 4 is 23.9 Å². The first-order chi connectivity index (χ1) is 18.9. The molecule has 4 unspecified atom stereocenters. The van der Waals surface area contributed by atoms with Gasteiger partial charge in [0.1, 0.15) is 0 Å². The summed E-state index contributed by atoms with van der Waals surface area (Å²) >= 11 is 0. The number of carboxylic acid groups (broad SMARTS) is 4. The smallest absolute Gasteiger partial charge is 0.550 e. The van der Waals surface area contributed by atoms with E-state index >= 15 is 0 Å². The van der Waals surface area contributed by atoms with E-state index in [1.54, 1.807) is 0 Å². The zero-order valence-corrected chi connectivity index (χ0v) is 29.0. The number of aliphatic carboxylic acids is 4. The first kappa shape index (κ1) is 49.3. The molecule has 0 aliphatic carbocycles. The zero-order chi connectivity index (χ0) is 31.9. The van der Waals surface area contributed by atoms with Crippen molar-refractivity contribution in [3.8, 4) is 0 Å². The Morgan fingerprint density at radius 3 is 0.610 bits per heavy atom. The molecule has 0 bridgehead atoms. The molecule has 0 spiro atoms. The molecule has 0 saturated heterocycles. The van der Waals surface area contributed by atoms with Crippen LogP contribution >= 0.6 is 0 Å². The Kier molecular flexibility index (Phi) is 44.0. The second-order valence-electron chi connectivity index (χ2n) is 10.3. The van der Waals surface area contributed by atoms with Gasteiger partial charge in [-0.15, -0.1) is 0 Å². The third kappa shape index (κ3) is 34.7. The number of carbonyl (C=O) groups is 4. The van der Waals surface area contributed by atoms with Crippen molar-refractivity contribution in [2.24, 2.45) is 23.7 Å². The molecule has 8 nitrogen and oxygen atoms in total. The molecule has 0 aliphatic heterocycles. The Balaban J connectivity index is -0.000000139. The summed E-state index contributed by atoms with van der Waals surface area (Å²) in [6.07, 6.45) is 14.1. The summed E-state index contributed by atoms with van der Waals surface area (Å²) in [5.41, 5.74) is 0. The molecule has 41 heavy (non-hydrogen) atoms. The minimum absolute atomic E-state index is 0. The molecular formula is C32H60O8Ti. The van der Waals surface area contributed by atoms with Crippen molar-refractivity contribution in [1.82, 2.24) is 0 Å². The van der Waals surface area contributed by atoms with Crippen molar-refractivity contribution in [2.45, 2.75) is 158 Å². The molecule has 0 rings (SSSR count). The molecule has 240 valence electrons. The van der Waals surface area contributed by atoms with Gasteiger partial charge in [-0.3, -0.25) is 0 Å². The third-order valence-electron chi connectivity index (χ3n) is 6.93. The van der Waals surface area contributed by atoms with E-state index in [2.05, 4.69) is 27.7 Å². The maximum atomic E-state index is 10.3. The van der Waals surface area contributed by atoms with Crippen LogP contribution in [0.3, 0.4) is 0 Å². The summed E-state index contributed by atoms with van der Waals surface area (Å²) in [4.78, 5) is 41.3. The van der Waals surface area contributed by atoms with Crippen LogP contribution in [0.2, 0.25) is 0 Å². The SMILES string of the molecule is CCCCC(CC)C(=O)[O-].CCCCC(CC)C(=O)[O-].CCCCC(CC)C(=O)[O-].CCCCC(CC)C(=O)[O-].[Ti+4]. The summed E-state index contributed by atoms with van der Waals surface area (Å²) < 4.78 is 0. The molecule has 0 N–H and O–H groups in total. The van der Waals surface area contributed by atoms with E-state index in [0.29, 0.717) is 25.7 Å². The Morgan fingerprint density at radius 1 is 0.390 bits per heavy atom. The van der Waals surface area contributed by atoms with Crippen molar-refractivity contribution in [3.63, 3.8) is 0 Å². The maximum absolute atomic E-state index is 10.3. The fourth-order valence-electron chi connectivity index (χ4n) is 3.76. The standard InChI is InChI=1S/4C8H16O2.Ti/c4*1-3-5-6-7(4-2)8(9)10;/h4*7H,3-6H2,1-2H3,(H,9,10);/q;;;;+4/p-4. The average molecular weight is 621 g/mol. The second-order valence-corrected chi connectivity index (χ2v) is 10.3. The van der Waals surface area contributed by atoms with Gasteiger partial charge in [0.15, 0.2) is 0 Å². The molecule has 4 atom stereocenters. The Bertz CT molecular complexity index is 509. The minimum atomic E-state index is -0.893. The number of hydrogen-bond donors (Lipinski definition) is 0. The van der Waals surface area contributed by atoms with Crippen molar-refractivity contribution < 1.29 is 61.3 Å². The predicted octanol–water partition coefficient (Wildman–Crippen LogP) is 3.81. The van der Waals surface area contributed by atoms with Gasteiger partial charge in [0.05, 0.1) is 0 Å². The third-order valence-corrected chi connectivity index (χ3v) is 6.93. The van der Waals surface area contributed by atoms with Gasteiger partial charge in [-0.25, -0.2) is 0 Å². The van der Waals surface area contributed by atoms with Crippen LogP contribution < -0.4 is 20.4 Å². The summed E-state index contributed by atoms with van der Waals surface area (Å²) in [6, 6.07) is 0. The van der Waals surface area contributed by atoms with E-state index in [-0.39, 0.29) is 45.4 Å². The van der Waals surface area contributed by atoms with E-state index in [4.69, 9.17) is 0 Å². The number of carboxylic acids is 4. The Morgan fingerprint density at radius 2 is 0.537 bits per heavy atom. The van der Waals surface area contributed by atoms with Gasteiger partial charge in [0.2, 0.25) is 0 Å². The van der Waals surface area contributed by atoms with Gasteiger partial charge in [-0.05, 0) is 75.0 Å². The van der Waals surface area contributed by atoms with Crippen LogP contribution in [0.15, 0.2) is 0 Å². The molecule has 0 heterocycles. The van der Waals surface area contributed by atoms with Crippen molar-refractivity contribution in [1.29, 1.82) is 0 Å². The first-order valence-electron chi connectivity index (χ1n) is 15.7. The van der Waals surface area contributed by atoms with E-state index in [1.807, 2.05) is 27.7 Å². The Labute approximate surface area is 266 Å². The number of rotatable bonds is 20. The van der Waals surface area contributed by atoms with Gasteiger partial charge in [-0.1, -0.05) is 107 Å². The predicted molar refractivity (Wildman–Crippen MR) is 153 cm³/mol. The topological polar surface area (TPSA) is 161 Å². The normalized spacial score (nSPS) is 12.7. The molecule has 0 radical (unpaired) electrons. The summed E-state index contributed by atoms with van der Waals surface area (Å²) in [5.74, 6) is -4.46. The molecule has 0 fully saturated rings. The largest absolute Gasteiger partial charge is 4.00 e. The summed E-state index contributed by atoms with van der Waals surface area (Å²) in [5, 5.41) is 41.3. The van der Waals surface area contributed by atoms with E-state index < -0.39 is 23.9 Å². The van der Waals surface area contributed by atoms with Crippen LogP contribution in [0.1, 0.15) is 158 Å². The summed E-state index contributed by atoms with van der Waals surface area (Å²) in [6.45, 7) is 15.8. The summed E-state index contributed by atoms with van der Waals surface area (Å²) in [7, 11) is 0. The van der Waals surface area contributed by atoms with Crippen molar-refractivity contribution in [3.05, 3.63) is 0 Å². The van der Waals surface area contributed by atoms with Gasteiger partial charge in [-0.2, -0.15) is 0 Å². The van der Waals surface area contributed by atoms with Crippen LogP contribution in [0.25, 0.3) is 0 Å². The maximum Gasteiger partial charge on any atom is 4.00 e. The van der Waals surface area contributed by atoms with Gasteiger partial charge < -0.3 is 39.6 Å².